The average molecular weight is 363 g/mol. The van der Waals surface area contributed by atoms with Gasteiger partial charge in [-0.1, -0.05) is 18.2 Å². The van der Waals surface area contributed by atoms with Crippen molar-refractivity contribution < 1.29 is 9.53 Å². The number of amides is 1. The molecule has 3 rings (SSSR count). The molecule has 0 aliphatic heterocycles. The zero-order valence-electron chi connectivity index (χ0n) is 15.5. The number of methoxy groups -OCH3 is 1. The third-order valence-corrected chi connectivity index (χ3v) is 4.36. The van der Waals surface area contributed by atoms with Gasteiger partial charge in [0, 0.05) is 17.3 Å². The van der Waals surface area contributed by atoms with Crippen molar-refractivity contribution in [1.82, 2.24) is 9.78 Å². The molecule has 1 heterocycles. The second-order valence-electron chi connectivity index (χ2n) is 6.21. The van der Waals surface area contributed by atoms with E-state index in [0.717, 1.165) is 16.9 Å². The van der Waals surface area contributed by atoms with Crippen molar-refractivity contribution in [1.29, 1.82) is 0 Å². The fraction of sp³-hybridized carbons (Fsp3) is 0.190. The van der Waals surface area contributed by atoms with E-state index >= 15 is 0 Å². The number of nitrogens with one attached hydrogen (secondary N) is 1. The summed E-state index contributed by atoms with van der Waals surface area (Å²) in [5, 5.41) is 7.24. The summed E-state index contributed by atoms with van der Waals surface area (Å²) in [6.07, 6.45) is 0. The maximum Gasteiger partial charge on any atom is 0.267 e. The molecule has 0 saturated carbocycles. The number of aromatic nitrogens is 2. The van der Waals surface area contributed by atoms with Crippen LogP contribution in [0.25, 0.3) is 11.3 Å². The lowest BCUT2D eigenvalue weighted by Gasteiger charge is -2.16. The Hall–Kier alpha value is -3.41. The molecule has 0 radical (unpaired) electrons. The van der Waals surface area contributed by atoms with Gasteiger partial charge in [-0.15, -0.1) is 0 Å². The Balaban J connectivity index is 1.87. The highest BCUT2D eigenvalue weighted by Crippen LogP contribution is 2.20. The molecule has 2 aromatic carbocycles. The predicted octanol–water partition coefficient (Wildman–Crippen LogP) is 3.43. The van der Waals surface area contributed by atoms with Crippen molar-refractivity contribution in [3.05, 3.63) is 76.6 Å². The summed E-state index contributed by atoms with van der Waals surface area (Å²) in [6.45, 7) is 3.56. The third kappa shape index (κ3) is 4.06. The molecular weight excluding hydrogens is 342 g/mol. The van der Waals surface area contributed by atoms with Crippen molar-refractivity contribution in [2.45, 2.75) is 19.9 Å². The molecule has 3 aromatic rings. The number of para-hydroxylation sites is 1. The van der Waals surface area contributed by atoms with E-state index < -0.39 is 6.04 Å². The van der Waals surface area contributed by atoms with Crippen LogP contribution in [0.15, 0.2) is 65.5 Å². The van der Waals surface area contributed by atoms with Gasteiger partial charge < -0.3 is 10.1 Å². The van der Waals surface area contributed by atoms with Crippen LogP contribution in [0.5, 0.6) is 5.75 Å². The van der Waals surface area contributed by atoms with Crippen LogP contribution in [0.2, 0.25) is 0 Å². The van der Waals surface area contributed by atoms with Crippen molar-refractivity contribution in [3.63, 3.8) is 0 Å². The first kappa shape index (κ1) is 18.4. The number of rotatable bonds is 5. The van der Waals surface area contributed by atoms with Crippen LogP contribution in [0, 0.1) is 6.92 Å². The Kier molecular flexibility index (Phi) is 5.35. The lowest BCUT2D eigenvalue weighted by molar-refractivity contribution is -0.119. The van der Waals surface area contributed by atoms with Crippen molar-refractivity contribution >= 4 is 11.6 Å². The quantitative estimate of drug-likeness (QED) is 0.754. The average Bonchev–Trinajstić information content (AvgIpc) is 2.69. The molecule has 1 unspecified atom stereocenters. The largest absolute Gasteiger partial charge is 0.497 e. The van der Waals surface area contributed by atoms with E-state index in [1.165, 1.54) is 10.7 Å². The van der Waals surface area contributed by atoms with Gasteiger partial charge in [0.05, 0.1) is 12.8 Å². The first-order valence-electron chi connectivity index (χ1n) is 8.60. The Labute approximate surface area is 157 Å². The number of hydrogen-bond donors (Lipinski definition) is 1. The summed E-state index contributed by atoms with van der Waals surface area (Å²) in [5.41, 5.74) is 2.77. The monoisotopic (exact) mass is 363 g/mol. The Bertz CT molecular complexity index is 1010. The fourth-order valence-electron chi connectivity index (χ4n) is 2.68. The number of ether oxygens (including phenoxy) is 1. The highest BCUT2D eigenvalue weighted by molar-refractivity contribution is 5.94. The van der Waals surface area contributed by atoms with Gasteiger partial charge in [0.2, 0.25) is 5.91 Å². The van der Waals surface area contributed by atoms with Gasteiger partial charge in [-0.3, -0.25) is 9.59 Å². The standard InChI is InChI=1S/C21H21N3O3/c1-14-6-4-5-7-18(14)22-21(26)15(2)24-20(25)13-12-19(23-24)16-8-10-17(27-3)11-9-16/h4-13,15H,1-3H3,(H,22,26). The summed E-state index contributed by atoms with van der Waals surface area (Å²) >= 11 is 0. The smallest absolute Gasteiger partial charge is 0.267 e. The Morgan fingerprint density at radius 1 is 1.07 bits per heavy atom. The van der Waals surface area contributed by atoms with Crippen LogP contribution in [-0.2, 0) is 4.79 Å². The first-order chi connectivity index (χ1) is 13.0. The Morgan fingerprint density at radius 3 is 2.44 bits per heavy atom. The van der Waals surface area contributed by atoms with E-state index in [1.807, 2.05) is 55.5 Å². The molecule has 27 heavy (non-hydrogen) atoms. The highest BCUT2D eigenvalue weighted by Gasteiger charge is 2.18. The summed E-state index contributed by atoms with van der Waals surface area (Å²) in [6, 6.07) is 17.1. The molecular formula is C21H21N3O3. The van der Waals surface area contributed by atoms with Gasteiger partial charge in [-0.2, -0.15) is 5.10 Å². The Morgan fingerprint density at radius 2 is 1.78 bits per heavy atom. The number of aryl methyl sites for hydroxylation is 1. The van der Waals surface area contributed by atoms with Crippen LogP contribution in [0.4, 0.5) is 5.69 Å². The molecule has 0 fully saturated rings. The molecule has 0 bridgehead atoms. The third-order valence-electron chi connectivity index (χ3n) is 4.36. The number of benzene rings is 2. The fourth-order valence-corrected chi connectivity index (χ4v) is 2.68. The zero-order chi connectivity index (χ0) is 19.4. The molecule has 1 amide bonds. The maximum atomic E-state index is 12.6. The summed E-state index contributed by atoms with van der Waals surface area (Å²) in [5.74, 6) is 0.434. The molecule has 1 N–H and O–H groups in total. The number of carbonyl (C=O) groups is 1. The van der Waals surface area contributed by atoms with Crippen molar-refractivity contribution in [2.24, 2.45) is 0 Å². The summed E-state index contributed by atoms with van der Waals surface area (Å²) in [7, 11) is 1.60. The van der Waals surface area contributed by atoms with Crippen molar-refractivity contribution in [2.75, 3.05) is 12.4 Å². The maximum absolute atomic E-state index is 12.6. The molecule has 0 aliphatic rings. The summed E-state index contributed by atoms with van der Waals surface area (Å²) < 4.78 is 6.36. The number of anilines is 1. The van der Waals surface area contributed by atoms with Crippen LogP contribution >= 0.6 is 0 Å². The van der Waals surface area contributed by atoms with Crippen LogP contribution in [-0.4, -0.2) is 22.8 Å². The van der Waals surface area contributed by atoms with Gasteiger partial charge in [-0.05, 0) is 55.8 Å². The second kappa shape index (κ2) is 7.86. The van der Waals surface area contributed by atoms with E-state index in [9.17, 15) is 9.59 Å². The molecule has 0 aliphatic carbocycles. The SMILES string of the molecule is COc1ccc(-c2ccc(=O)n(C(C)C(=O)Nc3ccccc3C)n2)cc1. The number of carbonyl (C=O) groups excluding carboxylic acids is 1. The van der Waals surface area contributed by atoms with Gasteiger partial charge >= 0.3 is 0 Å². The minimum atomic E-state index is -0.754. The molecule has 1 atom stereocenters. The van der Waals surface area contributed by atoms with E-state index in [0.29, 0.717) is 11.4 Å². The number of nitrogens with zero attached hydrogens (tertiary/aromatic N) is 2. The molecule has 0 spiro atoms. The lowest BCUT2D eigenvalue weighted by Crippen LogP contribution is -2.33. The topological polar surface area (TPSA) is 73.2 Å². The molecule has 6 heteroatoms. The van der Waals surface area contributed by atoms with Gasteiger partial charge in [0.15, 0.2) is 0 Å². The van der Waals surface area contributed by atoms with Gasteiger partial charge in [-0.25, -0.2) is 4.68 Å². The predicted molar refractivity (Wildman–Crippen MR) is 105 cm³/mol. The first-order valence-corrected chi connectivity index (χ1v) is 8.60. The van der Waals surface area contributed by atoms with E-state index in [-0.39, 0.29) is 11.5 Å². The number of hydrogen-bond acceptors (Lipinski definition) is 4. The minimum Gasteiger partial charge on any atom is -0.497 e. The normalized spacial score (nSPS) is 11.7. The van der Waals surface area contributed by atoms with Gasteiger partial charge in [0.25, 0.3) is 5.56 Å². The van der Waals surface area contributed by atoms with E-state index in [2.05, 4.69) is 10.4 Å². The lowest BCUT2D eigenvalue weighted by atomic mass is 10.1. The zero-order valence-corrected chi connectivity index (χ0v) is 15.5. The summed E-state index contributed by atoms with van der Waals surface area (Å²) in [4.78, 5) is 24.9. The molecule has 0 saturated heterocycles. The van der Waals surface area contributed by atoms with Crippen molar-refractivity contribution in [3.8, 4) is 17.0 Å². The van der Waals surface area contributed by atoms with Crippen LogP contribution < -0.4 is 15.6 Å². The van der Waals surface area contributed by atoms with E-state index in [1.54, 1.807) is 20.1 Å². The van der Waals surface area contributed by atoms with Crippen LogP contribution in [0.1, 0.15) is 18.5 Å². The second-order valence-corrected chi connectivity index (χ2v) is 6.21. The highest BCUT2D eigenvalue weighted by atomic mass is 16.5. The molecule has 1 aromatic heterocycles. The minimum absolute atomic E-state index is 0.300. The van der Waals surface area contributed by atoms with E-state index in [4.69, 9.17) is 4.74 Å². The molecule has 138 valence electrons. The van der Waals surface area contributed by atoms with Gasteiger partial charge in [0.1, 0.15) is 11.8 Å². The molecule has 6 nitrogen and oxygen atoms in total. The van der Waals surface area contributed by atoms with Crippen LogP contribution in [0.3, 0.4) is 0 Å².